The van der Waals surface area contributed by atoms with E-state index in [0.717, 1.165) is 41.9 Å². The van der Waals surface area contributed by atoms with Crippen molar-refractivity contribution in [2.75, 3.05) is 45.2 Å². The van der Waals surface area contributed by atoms with Crippen LogP contribution in [-0.2, 0) is 32.0 Å². The van der Waals surface area contributed by atoms with E-state index in [1.807, 2.05) is 78.9 Å². The minimum atomic E-state index is -0.830. The number of nitrogens with zero attached hydrogens (tertiary/aromatic N) is 2. The number of carbonyl (C=O) groups excluding carboxylic acids is 2. The summed E-state index contributed by atoms with van der Waals surface area (Å²) in [6.07, 6.45) is 4.50. The maximum atomic E-state index is 12.9. The Hall–Kier alpha value is -3.80. The summed E-state index contributed by atoms with van der Waals surface area (Å²) in [6, 6.07) is 24.1. The second kappa shape index (κ2) is 16.7. The van der Waals surface area contributed by atoms with Crippen LogP contribution in [0.1, 0.15) is 67.3 Å². The van der Waals surface area contributed by atoms with E-state index in [0.29, 0.717) is 18.2 Å². The molecule has 49 heavy (non-hydrogen) atoms. The molecule has 3 N–H and O–H groups in total. The first-order valence-corrected chi connectivity index (χ1v) is 17.7. The number of amides is 2. The number of likely N-dealkylation sites (tertiary alicyclic amines) is 2. The predicted octanol–water partition coefficient (Wildman–Crippen LogP) is 5.44. The molecule has 0 bridgehead atoms. The fraction of sp³-hybridized carbons (Fsp3) is 0.487. The molecule has 3 heterocycles. The van der Waals surface area contributed by atoms with Gasteiger partial charge in [0.2, 0.25) is 0 Å². The first kappa shape index (κ1) is 35.0. The van der Waals surface area contributed by atoms with Gasteiger partial charge in [0.1, 0.15) is 6.04 Å². The van der Waals surface area contributed by atoms with Crippen molar-refractivity contribution in [2.24, 2.45) is 5.92 Å². The Bertz CT molecular complexity index is 1500. The second-order valence-electron chi connectivity index (χ2n) is 13.6. The van der Waals surface area contributed by atoms with Crippen molar-refractivity contribution in [2.45, 2.75) is 76.2 Å². The molecule has 6 atom stereocenters. The Morgan fingerprint density at radius 2 is 1.59 bits per heavy atom. The van der Waals surface area contributed by atoms with Crippen molar-refractivity contribution in [3.05, 3.63) is 101 Å². The first-order valence-electron chi connectivity index (χ1n) is 17.7. The van der Waals surface area contributed by atoms with Gasteiger partial charge in [-0.3, -0.25) is 4.90 Å². The van der Waals surface area contributed by atoms with E-state index in [1.54, 1.807) is 0 Å². The lowest BCUT2D eigenvalue weighted by molar-refractivity contribution is -0.276. The van der Waals surface area contributed by atoms with Gasteiger partial charge in [0, 0.05) is 42.7 Å². The van der Waals surface area contributed by atoms with Crippen LogP contribution in [0.3, 0.4) is 0 Å². The van der Waals surface area contributed by atoms with Gasteiger partial charge in [-0.05, 0) is 74.1 Å². The van der Waals surface area contributed by atoms with Crippen LogP contribution in [0, 0.1) is 5.92 Å². The minimum Gasteiger partial charge on any atom is -0.467 e. The Morgan fingerprint density at radius 3 is 2.29 bits per heavy atom. The summed E-state index contributed by atoms with van der Waals surface area (Å²) in [7, 11) is 1.31. The number of carbonyl (C=O) groups is 2. The number of ether oxygens (including phenoxy) is 3. The number of esters is 1. The zero-order valence-electron chi connectivity index (χ0n) is 28.6. The van der Waals surface area contributed by atoms with Crippen molar-refractivity contribution in [3.63, 3.8) is 0 Å². The molecule has 3 fully saturated rings. The third-order valence-electron chi connectivity index (χ3n) is 10.2. The molecule has 0 saturated carbocycles. The normalized spacial score (nSPS) is 25.2. The molecule has 10 nitrogen and oxygen atoms in total. The lowest BCUT2D eigenvalue weighted by atomic mass is 9.90. The van der Waals surface area contributed by atoms with Crippen molar-refractivity contribution >= 4 is 17.7 Å². The Balaban J connectivity index is 1.14. The maximum absolute atomic E-state index is 12.9. The minimum absolute atomic E-state index is 0.00212. The number of hydrogen-bond donors (Lipinski definition) is 3. The van der Waals surface area contributed by atoms with Crippen molar-refractivity contribution in [3.8, 4) is 0 Å². The standard InChI is InChI=1S/C39H50N4O6/c1-27-35(25-43-22-8-11-33(43)24-42-20-6-7-21-42)48-38(49-36(27)30-14-12-29(26-44)13-15-30)31-16-18-32(19-17-31)40-39(46)41-34(37(45)47-2)23-28-9-4-3-5-10-28/h3-5,9-10,12-19,27,33-36,38,44H,6-8,11,20-26H2,1-2H3,(H2,40,41,46)/t27-,33-,34-,35+,36+,38+/m0/s1. The molecule has 3 aromatic rings. The molecule has 3 aliphatic rings. The largest absolute Gasteiger partial charge is 0.467 e. The molecule has 3 aromatic carbocycles. The van der Waals surface area contributed by atoms with Crippen LogP contribution in [0.2, 0.25) is 0 Å². The van der Waals surface area contributed by atoms with Gasteiger partial charge in [-0.2, -0.15) is 0 Å². The topological polar surface area (TPSA) is 113 Å². The fourth-order valence-corrected chi connectivity index (χ4v) is 7.40. The van der Waals surface area contributed by atoms with Crippen LogP contribution >= 0.6 is 0 Å². The van der Waals surface area contributed by atoms with E-state index < -0.39 is 24.3 Å². The number of rotatable bonds is 12. The van der Waals surface area contributed by atoms with Gasteiger partial charge in [-0.25, -0.2) is 9.59 Å². The smallest absolute Gasteiger partial charge is 0.328 e. The number of urea groups is 1. The number of hydrogen-bond acceptors (Lipinski definition) is 8. The number of benzene rings is 3. The van der Waals surface area contributed by atoms with Crippen LogP contribution in [0.15, 0.2) is 78.9 Å². The molecule has 262 valence electrons. The summed E-state index contributed by atoms with van der Waals surface area (Å²) >= 11 is 0. The van der Waals surface area contributed by atoms with Gasteiger partial charge in [0.15, 0.2) is 6.29 Å². The van der Waals surface area contributed by atoms with Crippen LogP contribution in [-0.4, -0.2) is 84.9 Å². The van der Waals surface area contributed by atoms with Gasteiger partial charge < -0.3 is 34.9 Å². The van der Waals surface area contributed by atoms with Crippen molar-refractivity contribution in [1.29, 1.82) is 0 Å². The van der Waals surface area contributed by atoms with Gasteiger partial charge in [0.25, 0.3) is 0 Å². The third-order valence-corrected chi connectivity index (χ3v) is 10.2. The molecule has 3 saturated heterocycles. The van der Waals surface area contributed by atoms with E-state index in [2.05, 4.69) is 27.4 Å². The molecule has 0 aliphatic carbocycles. The Kier molecular flexibility index (Phi) is 12.0. The van der Waals surface area contributed by atoms with Crippen molar-refractivity contribution < 1.29 is 28.9 Å². The highest BCUT2D eigenvalue weighted by molar-refractivity contribution is 5.92. The molecule has 6 rings (SSSR count). The number of nitrogens with one attached hydrogen (secondary N) is 2. The molecule has 0 radical (unpaired) electrons. The van der Waals surface area contributed by atoms with E-state index in [4.69, 9.17) is 14.2 Å². The lowest BCUT2D eigenvalue weighted by Gasteiger charge is -2.43. The van der Waals surface area contributed by atoms with E-state index in [-0.39, 0.29) is 24.7 Å². The summed E-state index contributed by atoms with van der Waals surface area (Å²) < 4.78 is 18.4. The summed E-state index contributed by atoms with van der Waals surface area (Å²) in [4.78, 5) is 30.6. The number of anilines is 1. The average Bonchev–Trinajstić information content (AvgIpc) is 3.81. The summed E-state index contributed by atoms with van der Waals surface area (Å²) in [5, 5.41) is 15.2. The van der Waals surface area contributed by atoms with Gasteiger partial charge in [-0.1, -0.05) is 73.7 Å². The molecular weight excluding hydrogens is 620 g/mol. The van der Waals surface area contributed by atoms with E-state index in [9.17, 15) is 14.7 Å². The second-order valence-corrected chi connectivity index (χ2v) is 13.6. The predicted molar refractivity (Wildman–Crippen MR) is 188 cm³/mol. The zero-order valence-corrected chi connectivity index (χ0v) is 28.6. The van der Waals surface area contributed by atoms with Crippen LogP contribution < -0.4 is 10.6 Å². The molecule has 0 spiro atoms. The summed E-state index contributed by atoms with van der Waals surface area (Å²) in [6.45, 7) is 7.66. The zero-order chi connectivity index (χ0) is 34.2. The summed E-state index contributed by atoms with van der Waals surface area (Å²) in [5.74, 6) is -0.408. The first-order chi connectivity index (χ1) is 23.9. The van der Waals surface area contributed by atoms with Crippen molar-refractivity contribution in [1.82, 2.24) is 15.1 Å². The molecule has 2 amide bonds. The van der Waals surface area contributed by atoms with Crippen LogP contribution in [0.25, 0.3) is 0 Å². The maximum Gasteiger partial charge on any atom is 0.328 e. The fourth-order valence-electron chi connectivity index (χ4n) is 7.40. The number of aliphatic hydroxyl groups is 1. The quantitative estimate of drug-likeness (QED) is 0.219. The van der Waals surface area contributed by atoms with Crippen LogP contribution in [0.4, 0.5) is 10.5 Å². The lowest BCUT2D eigenvalue weighted by Crippen LogP contribution is -2.48. The monoisotopic (exact) mass is 670 g/mol. The van der Waals surface area contributed by atoms with Gasteiger partial charge in [-0.15, -0.1) is 0 Å². The van der Waals surface area contributed by atoms with E-state index in [1.165, 1.54) is 45.9 Å². The molecule has 0 unspecified atom stereocenters. The molecule has 0 aromatic heterocycles. The SMILES string of the molecule is COC(=O)[C@H](Cc1ccccc1)NC(=O)Nc1ccc([C@@H]2O[C@H](CN3CCC[C@H]3CN3CCCC3)[C@H](C)[C@H](c3ccc(CO)cc3)O2)cc1. The highest BCUT2D eigenvalue weighted by Gasteiger charge is 2.41. The number of methoxy groups -OCH3 is 1. The third kappa shape index (κ3) is 9.06. The highest BCUT2D eigenvalue weighted by atomic mass is 16.7. The molecular formula is C39H50N4O6. The Morgan fingerprint density at radius 1 is 0.878 bits per heavy atom. The number of aliphatic hydroxyl groups excluding tert-OH is 1. The Labute approximate surface area is 289 Å². The summed E-state index contributed by atoms with van der Waals surface area (Å²) in [5.41, 5.74) is 4.26. The molecule has 10 heteroatoms. The average molecular weight is 671 g/mol. The van der Waals surface area contributed by atoms with Crippen LogP contribution in [0.5, 0.6) is 0 Å². The van der Waals surface area contributed by atoms with Gasteiger partial charge in [0.05, 0.1) is 25.9 Å². The van der Waals surface area contributed by atoms with Gasteiger partial charge >= 0.3 is 12.0 Å². The molecule has 3 aliphatic heterocycles. The highest BCUT2D eigenvalue weighted by Crippen LogP contribution is 2.42. The van der Waals surface area contributed by atoms with E-state index >= 15 is 0 Å².